The number of nitrogens with one attached hydrogen (secondary N) is 1. The second-order valence-corrected chi connectivity index (χ2v) is 8.02. The smallest absolute Gasteiger partial charge is 0.288 e. The number of amides is 1. The molecule has 1 N–H and O–H groups in total. The minimum Gasteiger partial charge on any atom is -0.324 e. The molecule has 0 aliphatic carbocycles. The fourth-order valence-corrected chi connectivity index (χ4v) is 4.14. The highest BCUT2D eigenvalue weighted by atomic mass is 32.2. The van der Waals surface area contributed by atoms with Gasteiger partial charge in [0.25, 0.3) is 5.76 Å². The Kier molecular flexibility index (Phi) is 6.24. The van der Waals surface area contributed by atoms with Crippen LogP contribution in [0.5, 0.6) is 0 Å². The first-order chi connectivity index (χ1) is 14.6. The third-order valence-electron chi connectivity index (χ3n) is 4.05. The second-order valence-electron chi connectivity index (χ2n) is 6.02. The van der Waals surface area contributed by atoms with Gasteiger partial charge in [0.15, 0.2) is 5.65 Å². The zero-order valence-corrected chi connectivity index (χ0v) is 17.0. The van der Waals surface area contributed by atoms with Crippen LogP contribution in [0.3, 0.4) is 0 Å². The maximum Gasteiger partial charge on any atom is 0.288 e. The number of thioether (sulfide) groups is 2. The third-order valence-corrected chi connectivity index (χ3v) is 5.84. The van der Waals surface area contributed by atoms with Crippen molar-refractivity contribution in [3.05, 3.63) is 67.1 Å². The molecule has 0 saturated heterocycles. The topological polar surface area (TPSA) is 72.7 Å². The summed E-state index contributed by atoms with van der Waals surface area (Å²) in [5.41, 5.74) is 1.86. The number of benzene rings is 2. The molecular formula is C20H15F2N5OS2. The molecule has 2 aromatic heterocycles. The van der Waals surface area contributed by atoms with Gasteiger partial charge >= 0.3 is 0 Å². The van der Waals surface area contributed by atoms with Crippen LogP contribution >= 0.6 is 23.5 Å². The highest BCUT2D eigenvalue weighted by molar-refractivity contribution is 8.00. The highest BCUT2D eigenvalue weighted by Gasteiger charge is 2.15. The SMILES string of the molecule is O=C(CSc1ncnc2c1cnn2-c1ccccc1)Nc1ccccc1SC(F)F. The van der Waals surface area contributed by atoms with E-state index in [1.54, 1.807) is 35.1 Å². The lowest BCUT2D eigenvalue weighted by Crippen LogP contribution is -2.14. The Bertz CT molecular complexity index is 1170. The van der Waals surface area contributed by atoms with Gasteiger partial charge in [-0.3, -0.25) is 4.79 Å². The van der Waals surface area contributed by atoms with E-state index in [1.165, 1.54) is 18.1 Å². The lowest BCUT2D eigenvalue weighted by Gasteiger charge is -2.10. The molecule has 0 saturated carbocycles. The first kappa shape index (κ1) is 20.3. The Morgan fingerprint density at radius 2 is 1.83 bits per heavy atom. The van der Waals surface area contributed by atoms with E-state index in [0.717, 1.165) is 11.1 Å². The molecule has 10 heteroatoms. The minimum absolute atomic E-state index is 0.0658. The number of para-hydroxylation sites is 2. The van der Waals surface area contributed by atoms with Gasteiger partial charge in [-0.2, -0.15) is 13.9 Å². The molecule has 2 aromatic carbocycles. The van der Waals surface area contributed by atoms with Crippen molar-refractivity contribution in [3.63, 3.8) is 0 Å². The Morgan fingerprint density at radius 1 is 1.07 bits per heavy atom. The lowest BCUT2D eigenvalue weighted by molar-refractivity contribution is -0.113. The Labute approximate surface area is 179 Å². The van der Waals surface area contributed by atoms with E-state index in [9.17, 15) is 13.6 Å². The van der Waals surface area contributed by atoms with Crippen molar-refractivity contribution < 1.29 is 13.6 Å². The molecule has 0 radical (unpaired) electrons. The van der Waals surface area contributed by atoms with Gasteiger partial charge < -0.3 is 5.32 Å². The molecule has 0 aliphatic heterocycles. The number of carbonyl (C=O) groups is 1. The van der Waals surface area contributed by atoms with Crippen LogP contribution in [-0.4, -0.2) is 37.2 Å². The summed E-state index contributed by atoms with van der Waals surface area (Å²) in [6.45, 7) is 0. The van der Waals surface area contributed by atoms with Gasteiger partial charge in [0.05, 0.1) is 28.7 Å². The van der Waals surface area contributed by atoms with Crippen LogP contribution in [0.25, 0.3) is 16.7 Å². The summed E-state index contributed by atoms with van der Waals surface area (Å²) in [6, 6.07) is 16.1. The lowest BCUT2D eigenvalue weighted by atomic mass is 10.3. The summed E-state index contributed by atoms with van der Waals surface area (Å²) in [5.74, 6) is -2.81. The van der Waals surface area contributed by atoms with Gasteiger partial charge in [0.2, 0.25) is 5.91 Å². The molecule has 152 valence electrons. The zero-order chi connectivity index (χ0) is 20.9. The van der Waals surface area contributed by atoms with Gasteiger partial charge in [-0.1, -0.05) is 53.9 Å². The molecule has 2 heterocycles. The van der Waals surface area contributed by atoms with Gasteiger partial charge in [-0.25, -0.2) is 14.6 Å². The van der Waals surface area contributed by atoms with Crippen LogP contribution < -0.4 is 5.32 Å². The predicted octanol–water partition coefficient (Wildman–Crippen LogP) is 4.86. The van der Waals surface area contributed by atoms with Crippen molar-refractivity contribution in [3.8, 4) is 5.69 Å². The van der Waals surface area contributed by atoms with Crippen molar-refractivity contribution in [2.24, 2.45) is 0 Å². The Balaban J connectivity index is 1.48. The summed E-state index contributed by atoms with van der Waals surface area (Å²) in [6.07, 6.45) is 3.09. The number of rotatable bonds is 7. The van der Waals surface area contributed by atoms with Crippen molar-refractivity contribution in [2.45, 2.75) is 15.7 Å². The average Bonchev–Trinajstić information content (AvgIpc) is 3.19. The largest absolute Gasteiger partial charge is 0.324 e. The normalized spacial score (nSPS) is 11.2. The maximum absolute atomic E-state index is 12.7. The summed E-state index contributed by atoms with van der Waals surface area (Å²) in [7, 11) is 0. The van der Waals surface area contributed by atoms with E-state index >= 15 is 0 Å². The number of anilines is 1. The quantitative estimate of drug-likeness (QED) is 0.325. The van der Waals surface area contributed by atoms with Gasteiger partial charge in [-0.05, 0) is 24.3 Å². The third kappa shape index (κ3) is 4.60. The molecule has 0 bridgehead atoms. The van der Waals surface area contributed by atoms with Crippen LogP contribution in [0.1, 0.15) is 0 Å². The van der Waals surface area contributed by atoms with Crippen LogP contribution in [0.2, 0.25) is 0 Å². The summed E-state index contributed by atoms with van der Waals surface area (Å²) >= 11 is 1.63. The molecule has 4 rings (SSSR count). The van der Waals surface area contributed by atoms with Crippen molar-refractivity contribution >= 4 is 46.2 Å². The molecule has 0 fully saturated rings. The number of fused-ring (bicyclic) bond motifs is 1. The van der Waals surface area contributed by atoms with Gasteiger partial charge in [0, 0.05) is 4.90 Å². The predicted molar refractivity (Wildman–Crippen MR) is 114 cm³/mol. The number of hydrogen-bond acceptors (Lipinski definition) is 6. The monoisotopic (exact) mass is 443 g/mol. The summed E-state index contributed by atoms with van der Waals surface area (Å²) in [5, 5.41) is 8.42. The number of hydrogen-bond donors (Lipinski definition) is 1. The number of carbonyl (C=O) groups excluding carboxylic acids is 1. The average molecular weight is 444 g/mol. The molecule has 0 unspecified atom stereocenters. The van der Waals surface area contributed by atoms with E-state index in [-0.39, 0.29) is 11.7 Å². The molecule has 30 heavy (non-hydrogen) atoms. The minimum atomic E-state index is -2.56. The molecule has 0 atom stereocenters. The van der Waals surface area contributed by atoms with E-state index < -0.39 is 5.76 Å². The molecule has 0 spiro atoms. The van der Waals surface area contributed by atoms with Crippen LogP contribution in [0.4, 0.5) is 14.5 Å². The number of aromatic nitrogens is 4. The molecule has 1 amide bonds. The highest BCUT2D eigenvalue weighted by Crippen LogP contribution is 2.32. The van der Waals surface area contributed by atoms with Crippen molar-refractivity contribution in [1.29, 1.82) is 0 Å². The van der Waals surface area contributed by atoms with Crippen LogP contribution in [0, 0.1) is 0 Å². The molecule has 0 aliphatic rings. The van der Waals surface area contributed by atoms with E-state index in [2.05, 4.69) is 20.4 Å². The molecule has 4 aromatic rings. The van der Waals surface area contributed by atoms with Crippen LogP contribution in [0.15, 0.2) is 77.0 Å². The number of alkyl halides is 2. The molecular weight excluding hydrogens is 428 g/mol. The summed E-state index contributed by atoms with van der Waals surface area (Å²) in [4.78, 5) is 21.3. The summed E-state index contributed by atoms with van der Waals surface area (Å²) < 4.78 is 27.1. The Hall–Kier alpha value is -2.98. The Morgan fingerprint density at radius 3 is 2.63 bits per heavy atom. The van der Waals surface area contributed by atoms with Crippen molar-refractivity contribution in [1.82, 2.24) is 19.7 Å². The molecule has 6 nitrogen and oxygen atoms in total. The van der Waals surface area contributed by atoms with E-state index in [1.807, 2.05) is 30.3 Å². The first-order valence-electron chi connectivity index (χ1n) is 8.82. The fraction of sp³-hybridized carbons (Fsp3) is 0.100. The fourth-order valence-electron chi connectivity index (χ4n) is 2.78. The first-order valence-corrected chi connectivity index (χ1v) is 10.7. The maximum atomic E-state index is 12.7. The van der Waals surface area contributed by atoms with E-state index in [4.69, 9.17) is 0 Å². The number of halogens is 2. The van der Waals surface area contributed by atoms with Crippen molar-refractivity contribution in [2.75, 3.05) is 11.1 Å². The second kappa shape index (κ2) is 9.23. The number of nitrogens with zero attached hydrogens (tertiary/aromatic N) is 4. The zero-order valence-electron chi connectivity index (χ0n) is 15.4. The van der Waals surface area contributed by atoms with Gasteiger partial charge in [-0.15, -0.1) is 0 Å². The standard InChI is InChI=1S/C20H15F2N5OS2/c21-20(22)30-16-9-5-4-8-15(16)26-17(28)11-29-19-14-10-25-27(18(14)23-12-24-19)13-6-2-1-3-7-13/h1-10,12,20H,11H2,(H,26,28). The van der Waals surface area contributed by atoms with E-state index in [0.29, 0.717) is 33.0 Å². The van der Waals surface area contributed by atoms with Crippen LogP contribution in [-0.2, 0) is 4.79 Å². The van der Waals surface area contributed by atoms with Gasteiger partial charge in [0.1, 0.15) is 11.4 Å².